The summed E-state index contributed by atoms with van der Waals surface area (Å²) in [5.41, 5.74) is -4.37. The topological polar surface area (TPSA) is 174 Å². The van der Waals surface area contributed by atoms with E-state index in [0.29, 0.717) is 27.5 Å². The van der Waals surface area contributed by atoms with Gasteiger partial charge in [0.1, 0.15) is 22.7 Å². The van der Waals surface area contributed by atoms with Gasteiger partial charge >= 0.3 is 0 Å². The number of nitrogens with one attached hydrogen (secondary N) is 1. The van der Waals surface area contributed by atoms with Crippen LogP contribution in [-0.4, -0.2) is 55.7 Å². The van der Waals surface area contributed by atoms with E-state index in [0.717, 1.165) is 6.42 Å². The van der Waals surface area contributed by atoms with E-state index in [4.69, 9.17) is 0 Å². The van der Waals surface area contributed by atoms with Crippen LogP contribution in [0, 0.1) is 0 Å². The molecule has 0 saturated heterocycles. The number of hydrogen-bond acceptors (Lipinski definition) is 9. The standard InChI is InChI=1S/C33H27BrN2O8/c1-3-5-7-8-14-12-16-19(32(44)36-14)29(41)24-15(25(16)34)9-10-33(24)30(42)22-23(31(33)43)28(40)21-20(27(22)39)18(37)13-17(26(21)38)35-11-6-4-2/h3,5,7-8,12,39-41H,4,6,9-11,13H2,1-2H3,(H,36,44)/t33-/m0/s1. The van der Waals surface area contributed by atoms with Gasteiger partial charge in [-0.3, -0.25) is 29.0 Å². The highest BCUT2D eigenvalue weighted by molar-refractivity contribution is 9.10. The SMILES string of the molecule is CC=CC=Cc1cc2c(Br)c3c(c(O)c2c(=O)[nH]1)[C@@]1(CC3)C(=O)c2c(O)c3c(c(O)c2C1=O)C(=O)C(=NCCCC)CC3=O. The Labute approximate surface area is 259 Å². The number of carbonyl (C=O) groups excluding carboxylic acids is 4. The summed E-state index contributed by atoms with van der Waals surface area (Å²) >= 11 is 3.53. The second-order valence-corrected chi connectivity index (χ2v) is 11.9. The summed E-state index contributed by atoms with van der Waals surface area (Å²) in [7, 11) is 0. The summed E-state index contributed by atoms with van der Waals surface area (Å²) in [6.07, 6.45) is 8.03. The predicted molar refractivity (Wildman–Crippen MR) is 167 cm³/mol. The van der Waals surface area contributed by atoms with Gasteiger partial charge in [0.25, 0.3) is 5.56 Å². The molecule has 4 N–H and O–H groups in total. The summed E-state index contributed by atoms with van der Waals surface area (Å²) in [5, 5.41) is 34.4. The molecule has 3 aromatic rings. The van der Waals surface area contributed by atoms with E-state index in [1.807, 2.05) is 19.9 Å². The third-order valence-electron chi connectivity index (χ3n) is 8.67. The zero-order valence-corrected chi connectivity index (χ0v) is 25.4. The Kier molecular flexibility index (Phi) is 7.03. The number of allylic oxidation sites excluding steroid dienone is 3. The van der Waals surface area contributed by atoms with Gasteiger partial charge in [0.05, 0.1) is 39.8 Å². The van der Waals surface area contributed by atoms with Gasteiger partial charge < -0.3 is 20.3 Å². The number of hydrogen-bond donors (Lipinski definition) is 4. The van der Waals surface area contributed by atoms with Crippen LogP contribution in [0.1, 0.15) is 97.8 Å². The van der Waals surface area contributed by atoms with Crippen LogP contribution in [0.15, 0.2) is 38.6 Å². The van der Waals surface area contributed by atoms with Crippen molar-refractivity contribution in [3.63, 3.8) is 0 Å². The van der Waals surface area contributed by atoms with Crippen molar-refractivity contribution in [2.75, 3.05) is 6.54 Å². The molecule has 44 heavy (non-hydrogen) atoms. The van der Waals surface area contributed by atoms with E-state index in [9.17, 15) is 39.3 Å². The van der Waals surface area contributed by atoms with Gasteiger partial charge in [-0.15, -0.1) is 0 Å². The van der Waals surface area contributed by atoms with E-state index in [1.54, 1.807) is 24.3 Å². The van der Waals surface area contributed by atoms with Crippen LogP contribution in [-0.2, 0) is 11.8 Å². The molecule has 11 heteroatoms. The van der Waals surface area contributed by atoms with Crippen molar-refractivity contribution in [1.82, 2.24) is 4.98 Å². The van der Waals surface area contributed by atoms with Crippen molar-refractivity contribution >= 4 is 61.6 Å². The number of pyridine rings is 1. The summed E-state index contributed by atoms with van der Waals surface area (Å²) in [6, 6.07) is 1.65. The molecule has 0 unspecified atom stereocenters. The van der Waals surface area contributed by atoms with Gasteiger partial charge in [0.15, 0.2) is 17.3 Å². The van der Waals surface area contributed by atoms with Crippen molar-refractivity contribution in [3.05, 3.63) is 78.2 Å². The molecular weight excluding hydrogens is 632 g/mol. The van der Waals surface area contributed by atoms with Crippen LogP contribution in [0.2, 0.25) is 0 Å². The molecule has 1 spiro atoms. The second-order valence-electron chi connectivity index (χ2n) is 11.1. The highest BCUT2D eigenvalue weighted by Gasteiger charge is 2.62. The third-order valence-corrected chi connectivity index (χ3v) is 9.58. The normalized spacial score (nSPS) is 20.2. The minimum atomic E-state index is -2.10. The molecule has 0 saturated carbocycles. The number of Topliss-reactive ketones (excluding diaryl/α,β-unsaturated/α-hetero) is 4. The number of H-pyrrole nitrogens is 1. The Hall–Kier alpha value is -4.64. The first kappa shape index (κ1) is 29.4. The number of unbranched alkanes of at least 4 members (excludes halogenated alkanes) is 1. The highest BCUT2D eigenvalue weighted by Crippen LogP contribution is 2.58. The van der Waals surface area contributed by atoms with Gasteiger partial charge in [0, 0.05) is 27.7 Å². The fourth-order valence-corrected chi connectivity index (χ4v) is 7.34. The third kappa shape index (κ3) is 3.84. The fraction of sp³-hybridized carbons (Fsp3) is 0.273. The Morgan fingerprint density at radius 2 is 1.66 bits per heavy atom. The number of halogens is 1. The van der Waals surface area contributed by atoms with E-state index in [-0.39, 0.29) is 36.0 Å². The van der Waals surface area contributed by atoms with Crippen LogP contribution in [0.5, 0.6) is 17.2 Å². The Morgan fingerprint density at radius 1 is 0.977 bits per heavy atom. The number of aromatic hydroxyl groups is 3. The van der Waals surface area contributed by atoms with Crippen molar-refractivity contribution in [1.29, 1.82) is 0 Å². The van der Waals surface area contributed by atoms with Crippen LogP contribution in [0.3, 0.4) is 0 Å². The second kappa shape index (κ2) is 10.5. The number of phenols is 3. The van der Waals surface area contributed by atoms with E-state index < -0.39 is 80.0 Å². The average Bonchev–Trinajstić information content (AvgIpc) is 3.50. The number of benzene rings is 2. The number of ketones is 4. The molecular formula is C33H27BrN2O8. The first-order chi connectivity index (χ1) is 21.0. The maximum absolute atomic E-state index is 14.3. The summed E-state index contributed by atoms with van der Waals surface area (Å²) in [5.74, 6) is -5.71. The van der Waals surface area contributed by atoms with E-state index >= 15 is 0 Å². The number of aromatic nitrogens is 1. The predicted octanol–water partition coefficient (Wildman–Crippen LogP) is 5.27. The van der Waals surface area contributed by atoms with Crippen molar-refractivity contribution < 1.29 is 34.5 Å². The molecule has 0 amide bonds. The molecule has 2 aromatic carbocycles. The molecule has 10 nitrogen and oxygen atoms in total. The minimum Gasteiger partial charge on any atom is -0.507 e. The van der Waals surface area contributed by atoms with Gasteiger partial charge in [-0.2, -0.15) is 0 Å². The number of carbonyl (C=O) groups is 4. The minimum absolute atomic E-state index is 0.101. The summed E-state index contributed by atoms with van der Waals surface area (Å²) in [6.45, 7) is 4.06. The van der Waals surface area contributed by atoms with Gasteiger partial charge in [-0.1, -0.05) is 31.6 Å². The Bertz CT molecular complexity index is 2030. The monoisotopic (exact) mass is 658 g/mol. The van der Waals surface area contributed by atoms with E-state index in [1.165, 1.54) is 0 Å². The number of aliphatic imine (C=N–C) groups is 1. The van der Waals surface area contributed by atoms with Crippen LogP contribution in [0.25, 0.3) is 16.8 Å². The molecule has 6 rings (SSSR count). The summed E-state index contributed by atoms with van der Waals surface area (Å²) in [4.78, 5) is 75.2. The molecule has 1 heterocycles. The fourth-order valence-electron chi connectivity index (χ4n) is 6.63. The van der Waals surface area contributed by atoms with Crippen molar-refractivity contribution in [2.24, 2.45) is 4.99 Å². The zero-order valence-electron chi connectivity index (χ0n) is 23.8. The largest absolute Gasteiger partial charge is 0.507 e. The van der Waals surface area contributed by atoms with Gasteiger partial charge in [-0.25, -0.2) is 0 Å². The zero-order chi connectivity index (χ0) is 31.7. The first-order valence-corrected chi connectivity index (χ1v) is 15.0. The number of nitrogens with zero attached hydrogens (tertiary/aromatic N) is 1. The first-order valence-electron chi connectivity index (χ1n) is 14.2. The van der Waals surface area contributed by atoms with Gasteiger partial charge in [-0.05, 0) is 59.8 Å². The van der Waals surface area contributed by atoms with Gasteiger partial charge in [0.2, 0.25) is 5.78 Å². The maximum atomic E-state index is 14.3. The summed E-state index contributed by atoms with van der Waals surface area (Å²) < 4.78 is 0.409. The maximum Gasteiger partial charge on any atom is 0.260 e. The highest BCUT2D eigenvalue weighted by atomic mass is 79.9. The van der Waals surface area contributed by atoms with Crippen LogP contribution in [0.4, 0.5) is 0 Å². The van der Waals surface area contributed by atoms with Crippen LogP contribution >= 0.6 is 15.9 Å². The number of fused-ring (bicyclic) bond motifs is 5. The lowest BCUT2D eigenvalue weighted by Crippen LogP contribution is -2.36. The molecule has 224 valence electrons. The lowest BCUT2D eigenvalue weighted by molar-refractivity contribution is 0.0790. The van der Waals surface area contributed by atoms with E-state index in [2.05, 4.69) is 25.9 Å². The number of aromatic amines is 1. The number of phenolic OH excluding ortho intramolecular Hbond substituents is 3. The molecule has 0 bridgehead atoms. The molecule has 1 aromatic heterocycles. The van der Waals surface area contributed by atoms with Crippen LogP contribution < -0.4 is 5.56 Å². The molecule has 3 aliphatic rings. The van der Waals surface area contributed by atoms with Crippen molar-refractivity contribution in [3.8, 4) is 17.2 Å². The van der Waals surface area contributed by atoms with Crippen molar-refractivity contribution in [2.45, 2.75) is 51.4 Å². The lowest BCUT2D eigenvalue weighted by Gasteiger charge is -2.23. The molecule has 1 atom stereocenters. The molecule has 0 fully saturated rings. The Morgan fingerprint density at radius 3 is 2.32 bits per heavy atom. The average molecular weight is 659 g/mol. The number of rotatable bonds is 5. The molecule has 3 aliphatic carbocycles. The smallest absolute Gasteiger partial charge is 0.260 e. The quantitative estimate of drug-likeness (QED) is 0.124. The Balaban J connectivity index is 1.57. The molecule has 0 radical (unpaired) electrons. The lowest BCUT2D eigenvalue weighted by atomic mass is 9.76. The molecule has 0 aliphatic heterocycles.